The minimum atomic E-state index is 0.592. The number of para-hydroxylation sites is 2. The second kappa shape index (κ2) is 11.1. The number of aromatic nitrogens is 3. The van der Waals surface area contributed by atoms with Crippen molar-refractivity contribution in [2.75, 3.05) is 0 Å². The van der Waals surface area contributed by atoms with Crippen LogP contribution in [0.15, 0.2) is 173 Å². The topological polar surface area (TPSA) is 57.0 Å². The molecule has 0 saturated carbocycles. The van der Waals surface area contributed by atoms with Crippen LogP contribution >= 0.6 is 11.3 Å². The minimum Gasteiger partial charge on any atom is -0.456 e. The number of nitrogens with zero attached hydrogens (tertiary/aromatic N) is 3. The molecule has 0 aliphatic carbocycles. The smallest absolute Gasteiger partial charge is 0.236 e. The van der Waals surface area contributed by atoms with E-state index in [1.165, 1.54) is 4.70 Å². The molecular formula is C50H27N3O2S. The summed E-state index contributed by atoms with van der Waals surface area (Å²) in [6.07, 6.45) is 0. The predicted octanol–water partition coefficient (Wildman–Crippen LogP) is 14.2. The molecule has 0 fully saturated rings. The summed E-state index contributed by atoms with van der Waals surface area (Å²) in [7, 11) is 0. The molecule has 5 heterocycles. The Morgan fingerprint density at radius 2 is 1.09 bits per heavy atom. The summed E-state index contributed by atoms with van der Waals surface area (Å²) in [5.41, 5.74) is 10.4. The first-order chi connectivity index (χ1) is 27.8. The van der Waals surface area contributed by atoms with Gasteiger partial charge in [-0.15, -0.1) is 11.3 Å². The molecule has 0 aliphatic rings. The van der Waals surface area contributed by atoms with Crippen molar-refractivity contribution in [1.29, 1.82) is 0 Å². The zero-order chi connectivity index (χ0) is 36.5. The number of benzene rings is 8. The number of hydrogen-bond acceptors (Lipinski definition) is 5. The zero-order valence-electron chi connectivity index (χ0n) is 29.7. The van der Waals surface area contributed by atoms with Crippen molar-refractivity contribution in [3.63, 3.8) is 0 Å². The van der Waals surface area contributed by atoms with Gasteiger partial charge < -0.3 is 8.83 Å². The minimum absolute atomic E-state index is 0.592. The van der Waals surface area contributed by atoms with Crippen LogP contribution < -0.4 is 0 Å². The molecule has 6 heteroatoms. The molecule has 0 N–H and O–H groups in total. The predicted molar refractivity (Wildman–Crippen MR) is 232 cm³/mol. The Hall–Kier alpha value is -7.28. The molecule has 5 nitrogen and oxygen atoms in total. The summed E-state index contributed by atoms with van der Waals surface area (Å²) in [5.74, 6) is 0.592. The van der Waals surface area contributed by atoms with Crippen LogP contribution in [0.5, 0.6) is 0 Å². The van der Waals surface area contributed by atoms with Crippen LogP contribution in [0, 0.1) is 0 Å². The molecule has 5 aromatic heterocycles. The highest BCUT2D eigenvalue weighted by Gasteiger charge is 2.26. The zero-order valence-corrected chi connectivity index (χ0v) is 30.5. The Morgan fingerprint density at radius 1 is 0.446 bits per heavy atom. The second-order valence-corrected chi connectivity index (χ2v) is 15.5. The Labute approximate surface area is 322 Å². The molecule has 0 atom stereocenters. The molecule has 0 spiro atoms. The van der Waals surface area contributed by atoms with Crippen molar-refractivity contribution < 1.29 is 8.83 Å². The number of fused-ring (bicyclic) bond motifs is 16. The van der Waals surface area contributed by atoms with E-state index in [9.17, 15) is 0 Å². The summed E-state index contributed by atoms with van der Waals surface area (Å²) in [6, 6.07) is 57.5. The van der Waals surface area contributed by atoms with Crippen LogP contribution in [-0.2, 0) is 0 Å². The van der Waals surface area contributed by atoms with Gasteiger partial charge in [-0.25, -0.2) is 9.97 Å². The average Bonchev–Trinajstić information content (AvgIpc) is 4.02. The van der Waals surface area contributed by atoms with E-state index in [4.69, 9.17) is 18.8 Å². The highest BCUT2D eigenvalue weighted by Crippen LogP contribution is 2.47. The van der Waals surface area contributed by atoms with E-state index < -0.39 is 0 Å². The fourth-order valence-electron chi connectivity index (χ4n) is 8.94. The maximum atomic E-state index is 7.08. The van der Waals surface area contributed by atoms with Gasteiger partial charge in [0.25, 0.3) is 0 Å². The van der Waals surface area contributed by atoms with E-state index in [1.807, 2.05) is 18.2 Å². The largest absolute Gasteiger partial charge is 0.456 e. The lowest BCUT2D eigenvalue weighted by atomic mass is 9.98. The van der Waals surface area contributed by atoms with Gasteiger partial charge in [-0.3, -0.25) is 4.57 Å². The fraction of sp³-hybridized carbons (Fsp3) is 0. The van der Waals surface area contributed by atoms with Gasteiger partial charge in [0.05, 0.1) is 21.4 Å². The Balaban J connectivity index is 1.18. The van der Waals surface area contributed by atoms with Crippen molar-refractivity contribution in [2.45, 2.75) is 0 Å². The maximum absolute atomic E-state index is 7.08. The quantitative estimate of drug-likeness (QED) is 0.181. The molecule has 260 valence electrons. The Kier molecular flexibility index (Phi) is 5.98. The molecule has 0 amide bonds. The van der Waals surface area contributed by atoms with E-state index in [0.717, 1.165) is 114 Å². The van der Waals surface area contributed by atoms with Crippen LogP contribution in [-0.4, -0.2) is 14.5 Å². The van der Waals surface area contributed by atoms with Gasteiger partial charge in [-0.1, -0.05) is 121 Å². The van der Waals surface area contributed by atoms with Crippen molar-refractivity contribution in [3.8, 4) is 28.3 Å². The van der Waals surface area contributed by atoms with Crippen LogP contribution in [0.4, 0.5) is 0 Å². The molecule has 8 aromatic carbocycles. The average molecular weight is 734 g/mol. The summed E-state index contributed by atoms with van der Waals surface area (Å²) >= 11 is 1.73. The Bertz CT molecular complexity index is 3770. The van der Waals surface area contributed by atoms with E-state index in [2.05, 4.69) is 150 Å². The molecule has 0 radical (unpaired) electrons. The number of thiophene rings is 1. The van der Waals surface area contributed by atoms with Gasteiger partial charge in [0, 0.05) is 48.0 Å². The highest BCUT2D eigenvalue weighted by molar-refractivity contribution is 7.26. The maximum Gasteiger partial charge on any atom is 0.236 e. The molecule has 13 aromatic rings. The summed E-state index contributed by atoms with van der Waals surface area (Å²) in [5, 5.41) is 10.0. The van der Waals surface area contributed by atoms with Gasteiger partial charge in [-0.05, 0) is 64.4 Å². The van der Waals surface area contributed by atoms with Gasteiger partial charge in [-0.2, -0.15) is 0 Å². The van der Waals surface area contributed by atoms with Gasteiger partial charge in [0.1, 0.15) is 22.3 Å². The van der Waals surface area contributed by atoms with Crippen LogP contribution in [0.1, 0.15) is 0 Å². The van der Waals surface area contributed by atoms with Crippen LogP contribution in [0.2, 0.25) is 0 Å². The first-order valence-corrected chi connectivity index (χ1v) is 19.6. The first-order valence-electron chi connectivity index (χ1n) is 18.7. The Morgan fingerprint density at radius 3 is 1.96 bits per heavy atom. The normalized spacial score (nSPS) is 12.3. The SMILES string of the molecule is c1ccc(-c2ccc3c(c2)oc2c3c3ccccc3c3c4ccccc4n(-c4nc(-c5ccc6c(c5)oc5ccccc56)c5sc6ccccc6c5n4)c23)cc1. The lowest BCUT2D eigenvalue weighted by Gasteiger charge is -2.11. The summed E-state index contributed by atoms with van der Waals surface area (Å²) in [6.45, 7) is 0. The first kappa shape index (κ1) is 30.1. The van der Waals surface area contributed by atoms with Crippen molar-refractivity contribution in [3.05, 3.63) is 164 Å². The molecule has 0 saturated heterocycles. The number of hydrogen-bond donors (Lipinski definition) is 0. The van der Waals surface area contributed by atoms with Crippen molar-refractivity contribution >= 4 is 108 Å². The van der Waals surface area contributed by atoms with Crippen LogP contribution in [0.25, 0.3) is 125 Å². The molecule has 0 aliphatic heterocycles. The van der Waals surface area contributed by atoms with Crippen molar-refractivity contribution in [2.24, 2.45) is 0 Å². The second-order valence-electron chi connectivity index (χ2n) is 14.5. The van der Waals surface area contributed by atoms with Gasteiger partial charge >= 0.3 is 0 Å². The third-order valence-corrected chi connectivity index (χ3v) is 12.6. The summed E-state index contributed by atoms with van der Waals surface area (Å²) < 4.78 is 17.9. The monoisotopic (exact) mass is 733 g/mol. The standard InChI is InChI=1S/C50H27N3O2S/c1-2-12-28(13-3-1)29-22-25-36-41(26-29)55-48-44(36)34-16-5-4-15-33(34)43-35-17-6-9-19-38(35)53(47(43)48)50-51-45(49-46(52-50)37-18-8-11-21-42(37)56-49)30-23-24-32-31-14-7-10-20-39(31)54-40(32)27-30/h1-27H. The molecule has 56 heavy (non-hydrogen) atoms. The highest BCUT2D eigenvalue weighted by atomic mass is 32.1. The lowest BCUT2D eigenvalue weighted by molar-refractivity contribution is 0.669. The number of furan rings is 2. The summed E-state index contributed by atoms with van der Waals surface area (Å²) in [4.78, 5) is 11.0. The van der Waals surface area contributed by atoms with Gasteiger partial charge in [0.2, 0.25) is 5.95 Å². The number of rotatable bonds is 3. The fourth-order valence-corrected chi connectivity index (χ4v) is 10.1. The van der Waals surface area contributed by atoms with Crippen LogP contribution in [0.3, 0.4) is 0 Å². The van der Waals surface area contributed by atoms with Crippen molar-refractivity contribution in [1.82, 2.24) is 14.5 Å². The van der Waals surface area contributed by atoms with E-state index in [1.54, 1.807) is 11.3 Å². The third kappa shape index (κ3) is 4.08. The molecule has 13 rings (SSSR count). The molecular weight excluding hydrogens is 707 g/mol. The third-order valence-electron chi connectivity index (χ3n) is 11.4. The molecule has 0 bridgehead atoms. The van der Waals surface area contributed by atoms with E-state index in [0.29, 0.717) is 5.95 Å². The lowest BCUT2D eigenvalue weighted by Crippen LogP contribution is -2.03. The van der Waals surface area contributed by atoms with E-state index in [-0.39, 0.29) is 0 Å². The van der Waals surface area contributed by atoms with Gasteiger partial charge in [0.15, 0.2) is 5.58 Å². The van der Waals surface area contributed by atoms with E-state index >= 15 is 0 Å². The molecule has 0 unspecified atom stereocenters.